The van der Waals surface area contributed by atoms with Crippen molar-refractivity contribution in [1.82, 2.24) is 20.6 Å². The first-order valence-corrected chi connectivity index (χ1v) is 10.6. The molecule has 0 saturated carbocycles. The fraction of sp³-hybridized carbons (Fsp3) is 0.333. The normalized spacial score (nSPS) is 12.2. The van der Waals surface area contributed by atoms with Gasteiger partial charge in [0.25, 0.3) is 0 Å². The lowest BCUT2D eigenvalue weighted by molar-refractivity contribution is 0.179. The Kier molecular flexibility index (Phi) is 10.5. The molecule has 1 aromatic heterocycles. The molecule has 1 atom stereocenters. The van der Waals surface area contributed by atoms with Gasteiger partial charge in [-0.3, -0.25) is 0 Å². The molecule has 4 N–H and O–H groups in total. The zero-order chi connectivity index (χ0) is 22.1. The maximum Gasteiger partial charge on any atom is 0.191 e. The van der Waals surface area contributed by atoms with Crippen LogP contribution in [0, 0.1) is 0 Å². The predicted octanol–water partition coefficient (Wildman–Crippen LogP) is 4.27. The standard InChI is InChI=1S/C24H31N5O2.HI/c1-4-25-24(27-15-22(30)19-11-8-12-20(13-19)31-17(2)3)28-16-23-26-14-21(29-23)18-9-6-5-7-10-18;/h5-14,17,22,30H,4,15-16H2,1-3H3,(H,26,29)(H2,25,27,28);1H. The van der Waals surface area contributed by atoms with Gasteiger partial charge >= 0.3 is 0 Å². The monoisotopic (exact) mass is 549 g/mol. The highest BCUT2D eigenvalue weighted by molar-refractivity contribution is 14.0. The Morgan fingerprint density at radius 3 is 2.62 bits per heavy atom. The summed E-state index contributed by atoms with van der Waals surface area (Å²) in [6, 6.07) is 17.6. The molecule has 172 valence electrons. The summed E-state index contributed by atoms with van der Waals surface area (Å²) in [6.45, 7) is 7.39. The van der Waals surface area contributed by atoms with Crippen molar-refractivity contribution in [3.63, 3.8) is 0 Å². The van der Waals surface area contributed by atoms with E-state index in [-0.39, 0.29) is 30.1 Å². The van der Waals surface area contributed by atoms with Crippen LogP contribution >= 0.6 is 24.0 Å². The summed E-state index contributed by atoms with van der Waals surface area (Å²) in [5.74, 6) is 2.14. The number of halogens is 1. The quantitative estimate of drug-likeness (QED) is 0.182. The van der Waals surface area contributed by atoms with Crippen molar-refractivity contribution in [2.45, 2.75) is 39.5 Å². The minimum absolute atomic E-state index is 0. The van der Waals surface area contributed by atoms with Crippen molar-refractivity contribution in [1.29, 1.82) is 0 Å². The highest BCUT2D eigenvalue weighted by atomic mass is 127. The number of hydrogen-bond acceptors (Lipinski definition) is 4. The number of hydrogen-bond donors (Lipinski definition) is 4. The SMILES string of the molecule is CCNC(=NCc1ncc(-c2ccccc2)[nH]1)NCC(O)c1cccc(OC(C)C)c1.I. The molecule has 32 heavy (non-hydrogen) atoms. The highest BCUT2D eigenvalue weighted by Crippen LogP contribution is 2.20. The topological polar surface area (TPSA) is 94.6 Å². The van der Waals surface area contributed by atoms with Gasteiger partial charge in [0.2, 0.25) is 0 Å². The lowest BCUT2D eigenvalue weighted by Crippen LogP contribution is -2.39. The number of rotatable bonds is 9. The molecular weight excluding hydrogens is 517 g/mol. The Hall–Kier alpha value is -2.59. The van der Waals surface area contributed by atoms with E-state index >= 15 is 0 Å². The molecule has 2 aromatic carbocycles. The molecule has 1 unspecified atom stereocenters. The third kappa shape index (κ3) is 7.83. The van der Waals surface area contributed by atoms with E-state index in [2.05, 4.69) is 25.6 Å². The predicted molar refractivity (Wildman–Crippen MR) is 139 cm³/mol. The smallest absolute Gasteiger partial charge is 0.191 e. The van der Waals surface area contributed by atoms with Crippen molar-refractivity contribution >= 4 is 29.9 Å². The number of aliphatic imine (C=N–C) groups is 1. The second kappa shape index (κ2) is 13.1. The van der Waals surface area contributed by atoms with Crippen LogP contribution in [0.15, 0.2) is 65.8 Å². The average molecular weight is 549 g/mol. The number of ether oxygens (including phenoxy) is 1. The third-order valence-electron chi connectivity index (χ3n) is 4.52. The van der Waals surface area contributed by atoms with Crippen molar-refractivity contribution in [2.24, 2.45) is 4.99 Å². The number of aromatic nitrogens is 2. The second-order valence-corrected chi connectivity index (χ2v) is 7.44. The number of aromatic amines is 1. The van der Waals surface area contributed by atoms with Gasteiger partial charge in [0.05, 0.1) is 24.1 Å². The summed E-state index contributed by atoms with van der Waals surface area (Å²) in [7, 11) is 0. The highest BCUT2D eigenvalue weighted by Gasteiger charge is 2.10. The number of H-pyrrole nitrogens is 1. The maximum atomic E-state index is 10.6. The van der Waals surface area contributed by atoms with E-state index in [0.29, 0.717) is 25.6 Å². The number of imidazole rings is 1. The molecule has 8 heteroatoms. The van der Waals surface area contributed by atoms with Gasteiger partial charge in [-0.25, -0.2) is 9.98 Å². The molecule has 1 heterocycles. The molecule has 0 spiro atoms. The summed E-state index contributed by atoms with van der Waals surface area (Å²) in [5, 5.41) is 17.0. The lowest BCUT2D eigenvalue weighted by atomic mass is 10.1. The first-order valence-electron chi connectivity index (χ1n) is 10.6. The van der Waals surface area contributed by atoms with E-state index in [1.54, 1.807) is 0 Å². The fourth-order valence-electron chi connectivity index (χ4n) is 3.08. The molecule has 0 radical (unpaired) electrons. The summed E-state index contributed by atoms with van der Waals surface area (Å²) in [4.78, 5) is 12.3. The second-order valence-electron chi connectivity index (χ2n) is 7.44. The van der Waals surface area contributed by atoms with Crippen LogP contribution in [0.2, 0.25) is 0 Å². The van der Waals surface area contributed by atoms with Crippen molar-refractivity contribution in [3.05, 3.63) is 72.2 Å². The Bertz CT molecular complexity index is 975. The minimum Gasteiger partial charge on any atom is -0.491 e. The Labute approximate surface area is 206 Å². The van der Waals surface area contributed by atoms with E-state index in [0.717, 1.165) is 28.4 Å². The number of nitrogens with one attached hydrogen (secondary N) is 3. The molecule has 3 aromatic rings. The molecule has 0 aliphatic heterocycles. The van der Waals surface area contributed by atoms with Gasteiger partial charge < -0.3 is 25.5 Å². The molecule has 0 fully saturated rings. The zero-order valence-corrected chi connectivity index (χ0v) is 21.0. The van der Waals surface area contributed by atoms with Crippen LogP contribution in [0.3, 0.4) is 0 Å². The first-order chi connectivity index (χ1) is 15.0. The van der Waals surface area contributed by atoms with Crippen LogP contribution in [0.4, 0.5) is 0 Å². The minimum atomic E-state index is -0.687. The van der Waals surface area contributed by atoms with Crippen LogP contribution in [0.1, 0.15) is 38.3 Å². The Morgan fingerprint density at radius 2 is 1.91 bits per heavy atom. The lowest BCUT2D eigenvalue weighted by Gasteiger charge is -2.17. The van der Waals surface area contributed by atoms with Crippen molar-refractivity contribution in [2.75, 3.05) is 13.1 Å². The van der Waals surface area contributed by atoms with Gasteiger partial charge in [-0.2, -0.15) is 0 Å². The average Bonchev–Trinajstić information content (AvgIpc) is 3.25. The van der Waals surface area contributed by atoms with E-state index in [4.69, 9.17) is 4.74 Å². The molecular formula is C24H32IN5O2. The van der Waals surface area contributed by atoms with Crippen LogP contribution in [-0.4, -0.2) is 40.2 Å². The molecule has 0 bridgehead atoms. The van der Waals surface area contributed by atoms with Gasteiger partial charge in [-0.15, -0.1) is 24.0 Å². The van der Waals surface area contributed by atoms with Gasteiger partial charge in [-0.1, -0.05) is 42.5 Å². The molecule has 7 nitrogen and oxygen atoms in total. The number of aliphatic hydroxyl groups excluding tert-OH is 1. The maximum absolute atomic E-state index is 10.6. The van der Waals surface area contributed by atoms with E-state index in [1.165, 1.54) is 0 Å². The van der Waals surface area contributed by atoms with E-state index in [9.17, 15) is 5.11 Å². The summed E-state index contributed by atoms with van der Waals surface area (Å²) in [6.07, 6.45) is 1.21. The van der Waals surface area contributed by atoms with Gasteiger partial charge in [-0.05, 0) is 44.0 Å². The van der Waals surface area contributed by atoms with Crippen LogP contribution in [0.5, 0.6) is 5.75 Å². The number of guanidine groups is 1. The van der Waals surface area contributed by atoms with Gasteiger partial charge in [0, 0.05) is 13.1 Å². The largest absolute Gasteiger partial charge is 0.491 e. The molecule has 3 rings (SSSR count). The van der Waals surface area contributed by atoms with Crippen LogP contribution in [0.25, 0.3) is 11.3 Å². The van der Waals surface area contributed by atoms with Crippen LogP contribution < -0.4 is 15.4 Å². The van der Waals surface area contributed by atoms with Crippen LogP contribution in [-0.2, 0) is 6.54 Å². The molecule has 0 aliphatic rings. The van der Waals surface area contributed by atoms with Crippen molar-refractivity contribution < 1.29 is 9.84 Å². The molecule has 0 aliphatic carbocycles. The fourth-order valence-corrected chi connectivity index (χ4v) is 3.08. The zero-order valence-electron chi connectivity index (χ0n) is 18.7. The molecule has 0 saturated heterocycles. The van der Waals surface area contributed by atoms with E-state index in [1.807, 2.05) is 81.6 Å². The number of aliphatic hydroxyl groups is 1. The Balaban J connectivity index is 0.00000363. The summed E-state index contributed by atoms with van der Waals surface area (Å²) >= 11 is 0. The number of benzene rings is 2. The summed E-state index contributed by atoms with van der Waals surface area (Å²) < 4.78 is 5.71. The van der Waals surface area contributed by atoms with Gasteiger partial charge in [0.1, 0.15) is 18.1 Å². The Morgan fingerprint density at radius 1 is 1.12 bits per heavy atom. The first kappa shape index (κ1) is 25.7. The van der Waals surface area contributed by atoms with Crippen molar-refractivity contribution in [3.8, 4) is 17.0 Å². The summed E-state index contributed by atoms with van der Waals surface area (Å²) in [5.41, 5.74) is 2.84. The van der Waals surface area contributed by atoms with E-state index < -0.39 is 6.10 Å². The molecule has 0 amide bonds. The third-order valence-corrected chi connectivity index (χ3v) is 4.52. The number of nitrogens with zero attached hydrogens (tertiary/aromatic N) is 2. The van der Waals surface area contributed by atoms with Gasteiger partial charge in [0.15, 0.2) is 5.96 Å².